The van der Waals surface area contributed by atoms with E-state index in [2.05, 4.69) is 25.3 Å². The average molecular weight is 287 g/mol. The van der Waals surface area contributed by atoms with Crippen LogP contribution < -0.4 is 16.4 Å². The molecule has 0 aliphatic heterocycles. The lowest BCUT2D eigenvalue weighted by Gasteiger charge is -2.10. The Morgan fingerprint density at radius 2 is 1.95 bits per heavy atom. The second-order valence-corrected chi connectivity index (χ2v) is 4.17. The maximum Gasteiger partial charge on any atom is 0.404 e. The third kappa shape index (κ3) is 4.34. The first-order valence-electron chi connectivity index (χ1n) is 6.47. The van der Waals surface area contributed by atoms with Crippen LogP contribution >= 0.6 is 0 Å². The molecule has 1 aromatic carbocycles. The van der Waals surface area contributed by atoms with Crippen molar-refractivity contribution < 1.29 is 9.53 Å². The third-order valence-corrected chi connectivity index (χ3v) is 2.67. The van der Waals surface area contributed by atoms with Crippen LogP contribution in [0.3, 0.4) is 0 Å². The highest BCUT2D eigenvalue weighted by atomic mass is 16.5. The minimum Gasteiger partial charge on any atom is -0.448 e. The van der Waals surface area contributed by atoms with E-state index in [0.717, 1.165) is 5.56 Å². The number of amides is 1. The molecule has 21 heavy (non-hydrogen) atoms. The molecule has 0 fully saturated rings. The predicted molar refractivity (Wildman–Crippen MR) is 81.0 cm³/mol. The highest BCUT2D eigenvalue weighted by Crippen LogP contribution is 2.19. The molecule has 0 saturated heterocycles. The summed E-state index contributed by atoms with van der Waals surface area (Å²) in [6.45, 7) is 0.590. The lowest BCUT2D eigenvalue weighted by Crippen LogP contribution is -2.18. The summed E-state index contributed by atoms with van der Waals surface area (Å²) in [6.07, 6.45) is -0.791. The third-order valence-electron chi connectivity index (χ3n) is 2.67. The number of benzene rings is 1. The summed E-state index contributed by atoms with van der Waals surface area (Å²) in [6, 6.07) is 11.4. The van der Waals surface area contributed by atoms with E-state index < -0.39 is 6.09 Å². The van der Waals surface area contributed by atoms with Crippen LogP contribution in [-0.4, -0.2) is 36.3 Å². The number of nitrogens with one attached hydrogen (secondary N) is 2. The van der Waals surface area contributed by atoms with Gasteiger partial charge in [-0.05, 0) is 0 Å². The Morgan fingerprint density at radius 3 is 2.62 bits per heavy atom. The molecular weight excluding hydrogens is 270 g/mol. The Labute approximate surface area is 122 Å². The van der Waals surface area contributed by atoms with Gasteiger partial charge in [0, 0.05) is 18.7 Å². The van der Waals surface area contributed by atoms with Crippen LogP contribution in [0.25, 0.3) is 11.4 Å². The van der Waals surface area contributed by atoms with Crippen LogP contribution in [0.4, 0.5) is 16.4 Å². The van der Waals surface area contributed by atoms with Gasteiger partial charge in [-0.3, -0.25) is 0 Å². The largest absolute Gasteiger partial charge is 0.448 e. The van der Waals surface area contributed by atoms with Crippen molar-refractivity contribution in [3.8, 4) is 11.4 Å². The van der Waals surface area contributed by atoms with E-state index in [9.17, 15) is 4.79 Å². The molecule has 0 spiro atoms. The van der Waals surface area contributed by atoms with Gasteiger partial charge in [0.25, 0.3) is 0 Å². The standard InChI is InChI=1S/C14H17N5O2/c1-16-11-9-12(17-7-8-21-14(15)20)19-13(18-11)10-5-3-2-4-6-10/h2-6,9H,7-8H2,1H3,(H2,15,20)(H2,16,17,18,19). The molecule has 2 aromatic rings. The minimum absolute atomic E-state index is 0.175. The summed E-state index contributed by atoms with van der Waals surface area (Å²) in [5.74, 6) is 1.95. The van der Waals surface area contributed by atoms with Crippen LogP contribution in [0.2, 0.25) is 0 Å². The molecule has 1 heterocycles. The molecular formula is C14H17N5O2. The molecule has 4 N–H and O–H groups in total. The Morgan fingerprint density at radius 1 is 1.24 bits per heavy atom. The van der Waals surface area contributed by atoms with Crippen molar-refractivity contribution in [2.24, 2.45) is 5.73 Å². The van der Waals surface area contributed by atoms with Crippen molar-refractivity contribution in [3.63, 3.8) is 0 Å². The van der Waals surface area contributed by atoms with E-state index in [1.165, 1.54) is 0 Å². The van der Waals surface area contributed by atoms with E-state index in [4.69, 9.17) is 5.73 Å². The smallest absolute Gasteiger partial charge is 0.404 e. The van der Waals surface area contributed by atoms with Crippen molar-refractivity contribution in [2.75, 3.05) is 30.8 Å². The van der Waals surface area contributed by atoms with Gasteiger partial charge in [-0.2, -0.15) is 0 Å². The predicted octanol–water partition coefficient (Wildman–Crippen LogP) is 1.69. The van der Waals surface area contributed by atoms with Gasteiger partial charge < -0.3 is 21.1 Å². The zero-order valence-electron chi connectivity index (χ0n) is 11.7. The molecule has 0 atom stereocenters. The van der Waals surface area contributed by atoms with Crippen LogP contribution in [0.5, 0.6) is 0 Å². The number of primary amides is 1. The van der Waals surface area contributed by atoms with Crippen molar-refractivity contribution in [3.05, 3.63) is 36.4 Å². The number of hydrogen-bond donors (Lipinski definition) is 3. The van der Waals surface area contributed by atoms with Gasteiger partial charge in [0.15, 0.2) is 5.82 Å². The number of ether oxygens (including phenoxy) is 1. The van der Waals surface area contributed by atoms with Crippen LogP contribution in [-0.2, 0) is 4.74 Å². The Bertz CT molecular complexity index is 604. The second-order valence-electron chi connectivity index (χ2n) is 4.17. The number of hydrogen-bond acceptors (Lipinski definition) is 6. The van der Waals surface area contributed by atoms with E-state index >= 15 is 0 Å². The van der Waals surface area contributed by atoms with Gasteiger partial charge in [0.1, 0.15) is 18.2 Å². The molecule has 7 heteroatoms. The van der Waals surface area contributed by atoms with Gasteiger partial charge in [-0.1, -0.05) is 30.3 Å². The molecule has 1 amide bonds. The zero-order valence-corrected chi connectivity index (χ0v) is 11.7. The van der Waals surface area contributed by atoms with E-state index in [0.29, 0.717) is 24.0 Å². The summed E-state index contributed by atoms with van der Waals surface area (Å²) in [4.78, 5) is 19.3. The number of rotatable bonds is 6. The van der Waals surface area contributed by atoms with Crippen molar-refractivity contribution in [2.45, 2.75) is 0 Å². The Kier molecular flexibility index (Phi) is 4.92. The topological polar surface area (TPSA) is 102 Å². The number of carbonyl (C=O) groups excluding carboxylic acids is 1. The van der Waals surface area contributed by atoms with Gasteiger partial charge in [-0.25, -0.2) is 14.8 Å². The highest BCUT2D eigenvalue weighted by Gasteiger charge is 2.06. The fourth-order valence-electron chi connectivity index (χ4n) is 1.71. The molecule has 0 unspecified atom stereocenters. The monoisotopic (exact) mass is 287 g/mol. The fourth-order valence-corrected chi connectivity index (χ4v) is 1.71. The number of nitrogens with two attached hydrogens (primary N) is 1. The lowest BCUT2D eigenvalue weighted by atomic mass is 10.2. The second kappa shape index (κ2) is 7.09. The highest BCUT2D eigenvalue weighted by molar-refractivity contribution is 5.64. The molecule has 0 bridgehead atoms. The zero-order chi connectivity index (χ0) is 15.1. The molecule has 0 aliphatic carbocycles. The first-order valence-corrected chi connectivity index (χ1v) is 6.47. The van der Waals surface area contributed by atoms with Gasteiger partial charge in [0.2, 0.25) is 0 Å². The Balaban J connectivity index is 2.12. The summed E-state index contributed by atoms with van der Waals surface area (Å²) in [5.41, 5.74) is 5.82. The maximum atomic E-state index is 10.5. The van der Waals surface area contributed by atoms with Crippen LogP contribution in [0, 0.1) is 0 Å². The summed E-state index contributed by atoms with van der Waals surface area (Å²) < 4.78 is 4.65. The first-order chi connectivity index (χ1) is 10.2. The van der Waals surface area contributed by atoms with E-state index in [-0.39, 0.29) is 6.61 Å². The first kappa shape index (κ1) is 14.6. The number of nitrogens with zero attached hydrogens (tertiary/aromatic N) is 2. The van der Waals surface area contributed by atoms with Gasteiger partial charge >= 0.3 is 6.09 Å². The van der Waals surface area contributed by atoms with Crippen LogP contribution in [0.1, 0.15) is 0 Å². The summed E-state index contributed by atoms with van der Waals surface area (Å²) in [5, 5.41) is 6.05. The average Bonchev–Trinajstić information content (AvgIpc) is 2.52. The molecule has 7 nitrogen and oxygen atoms in total. The van der Waals surface area contributed by atoms with Gasteiger partial charge in [0.05, 0.1) is 6.54 Å². The normalized spacial score (nSPS) is 9.95. The van der Waals surface area contributed by atoms with Crippen molar-refractivity contribution in [1.82, 2.24) is 9.97 Å². The molecule has 0 aliphatic rings. The van der Waals surface area contributed by atoms with Crippen molar-refractivity contribution >= 4 is 17.7 Å². The van der Waals surface area contributed by atoms with Crippen LogP contribution in [0.15, 0.2) is 36.4 Å². The number of carbonyl (C=O) groups is 1. The van der Waals surface area contributed by atoms with E-state index in [1.54, 1.807) is 13.1 Å². The molecule has 0 saturated carbocycles. The molecule has 1 aromatic heterocycles. The molecule has 0 radical (unpaired) electrons. The van der Waals surface area contributed by atoms with E-state index in [1.807, 2.05) is 30.3 Å². The maximum absolute atomic E-state index is 10.5. The molecule has 110 valence electrons. The summed E-state index contributed by atoms with van der Waals surface area (Å²) in [7, 11) is 1.79. The number of anilines is 2. The molecule has 2 rings (SSSR count). The number of aromatic nitrogens is 2. The van der Waals surface area contributed by atoms with Gasteiger partial charge in [-0.15, -0.1) is 0 Å². The Hall–Kier alpha value is -2.83. The fraction of sp³-hybridized carbons (Fsp3) is 0.214. The van der Waals surface area contributed by atoms with Crippen molar-refractivity contribution in [1.29, 1.82) is 0 Å². The lowest BCUT2D eigenvalue weighted by molar-refractivity contribution is 0.161. The SMILES string of the molecule is CNc1cc(NCCOC(N)=O)nc(-c2ccccc2)n1. The quantitative estimate of drug-likeness (QED) is 0.699. The summed E-state index contributed by atoms with van der Waals surface area (Å²) >= 11 is 0. The minimum atomic E-state index is -0.791.